The van der Waals surface area contributed by atoms with Gasteiger partial charge in [-0.2, -0.15) is 5.26 Å². The summed E-state index contributed by atoms with van der Waals surface area (Å²) >= 11 is 0. The minimum atomic E-state index is -0.622. The molecule has 0 aliphatic carbocycles. The Bertz CT molecular complexity index is 1300. The summed E-state index contributed by atoms with van der Waals surface area (Å²) in [5.74, 6) is 2.12. The number of methoxy groups -OCH3 is 4. The molecule has 0 fully saturated rings. The first kappa shape index (κ1) is 23.6. The number of hydrogen-bond donors (Lipinski definition) is 2. The fourth-order valence-corrected chi connectivity index (χ4v) is 4.16. The van der Waals surface area contributed by atoms with Gasteiger partial charge in [0.15, 0.2) is 23.0 Å². The van der Waals surface area contributed by atoms with Crippen molar-refractivity contribution in [3.05, 3.63) is 52.9 Å². The summed E-state index contributed by atoms with van der Waals surface area (Å²) in [5, 5.41) is 17.4. The van der Waals surface area contributed by atoms with Crippen LogP contribution in [0.15, 0.2) is 41.8 Å². The zero-order chi connectivity index (χ0) is 25.1. The van der Waals surface area contributed by atoms with Crippen molar-refractivity contribution in [3.8, 4) is 52.0 Å². The molecule has 1 aromatic heterocycles. The Kier molecular flexibility index (Phi) is 6.59. The molecule has 1 aliphatic heterocycles. The lowest BCUT2D eigenvalue weighted by Crippen LogP contribution is -2.21. The van der Waals surface area contributed by atoms with Crippen LogP contribution in [-0.2, 0) is 0 Å². The molecule has 0 amide bonds. The molecular weight excluding hydrogens is 452 g/mol. The van der Waals surface area contributed by atoms with Gasteiger partial charge in [0, 0.05) is 5.56 Å². The van der Waals surface area contributed by atoms with Crippen molar-refractivity contribution in [2.75, 3.05) is 35.0 Å². The summed E-state index contributed by atoms with van der Waals surface area (Å²) in [4.78, 5) is 0. The first-order valence-corrected chi connectivity index (χ1v) is 10.8. The second-order valence-corrected chi connectivity index (χ2v) is 7.50. The molecule has 0 spiro atoms. The van der Waals surface area contributed by atoms with E-state index in [0.717, 1.165) is 5.56 Å². The molecule has 3 N–H and O–H groups in total. The van der Waals surface area contributed by atoms with Crippen molar-refractivity contribution in [3.63, 3.8) is 0 Å². The highest BCUT2D eigenvalue weighted by Gasteiger charge is 2.37. The zero-order valence-corrected chi connectivity index (χ0v) is 20.1. The Hall–Kier alpha value is -4.52. The van der Waals surface area contributed by atoms with Crippen LogP contribution >= 0.6 is 0 Å². The summed E-state index contributed by atoms with van der Waals surface area (Å²) < 4.78 is 33.4. The zero-order valence-electron chi connectivity index (χ0n) is 20.1. The van der Waals surface area contributed by atoms with Crippen LogP contribution in [0.3, 0.4) is 0 Å². The van der Waals surface area contributed by atoms with Gasteiger partial charge in [-0.3, -0.25) is 5.10 Å². The molecule has 0 radical (unpaired) electrons. The number of nitrogens with one attached hydrogen (secondary N) is 1. The molecule has 10 heteroatoms. The lowest BCUT2D eigenvalue weighted by Gasteiger charge is -2.25. The normalized spacial score (nSPS) is 14.5. The van der Waals surface area contributed by atoms with Gasteiger partial charge in [0.25, 0.3) is 0 Å². The van der Waals surface area contributed by atoms with Crippen LogP contribution in [0.25, 0.3) is 11.3 Å². The molecule has 0 bridgehead atoms. The van der Waals surface area contributed by atoms with Gasteiger partial charge in [0.05, 0.1) is 52.2 Å². The number of aromatic nitrogens is 2. The van der Waals surface area contributed by atoms with Crippen LogP contribution in [-0.4, -0.2) is 45.2 Å². The summed E-state index contributed by atoms with van der Waals surface area (Å²) in [5.41, 5.74) is 9.08. The number of nitrogens with zero attached hydrogens (tertiary/aromatic N) is 2. The average Bonchev–Trinajstić information content (AvgIpc) is 3.30. The van der Waals surface area contributed by atoms with E-state index in [-0.39, 0.29) is 17.3 Å². The monoisotopic (exact) mass is 478 g/mol. The number of H-pyrrole nitrogens is 1. The number of nitriles is 1. The van der Waals surface area contributed by atoms with Crippen LogP contribution in [0.5, 0.6) is 34.6 Å². The van der Waals surface area contributed by atoms with Crippen LogP contribution in [0, 0.1) is 11.3 Å². The van der Waals surface area contributed by atoms with Crippen molar-refractivity contribution in [2.45, 2.75) is 12.8 Å². The number of ether oxygens (including phenoxy) is 6. The largest absolute Gasteiger partial charge is 0.493 e. The van der Waals surface area contributed by atoms with E-state index < -0.39 is 5.92 Å². The lowest BCUT2D eigenvalue weighted by atomic mass is 9.82. The first-order chi connectivity index (χ1) is 17.0. The molecule has 182 valence electrons. The Balaban J connectivity index is 1.94. The lowest BCUT2D eigenvalue weighted by molar-refractivity contribution is 0.311. The van der Waals surface area contributed by atoms with Gasteiger partial charge in [0.2, 0.25) is 17.5 Å². The van der Waals surface area contributed by atoms with E-state index in [0.29, 0.717) is 52.2 Å². The molecule has 2 heterocycles. The highest BCUT2D eigenvalue weighted by molar-refractivity contribution is 5.73. The standard InChI is InChI=1S/C25H26N4O6/c1-6-34-16-8-7-13(9-17(16)30-2)22-21-20(15(12-26)24(27)35-25(21)29-28-22)14-10-18(31-3)23(33-5)19(11-14)32-4/h7-11,20H,6,27H2,1-5H3,(H,28,29)/t20-/m0/s1. The van der Waals surface area contributed by atoms with Gasteiger partial charge in [-0.15, -0.1) is 5.10 Å². The molecule has 2 aromatic carbocycles. The average molecular weight is 479 g/mol. The summed E-state index contributed by atoms with van der Waals surface area (Å²) in [6, 6.07) is 11.3. The van der Waals surface area contributed by atoms with E-state index in [9.17, 15) is 5.26 Å². The predicted octanol–water partition coefficient (Wildman–Crippen LogP) is 3.73. The Morgan fingerprint density at radius 3 is 2.26 bits per heavy atom. The maximum absolute atomic E-state index is 10.0. The number of nitrogens with two attached hydrogens (primary N) is 1. The molecule has 4 rings (SSSR count). The highest BCUT2D eigenvalue weighted by atomic mass is 16.5. The summed E-state index contributed by atoms with van der Waals surface area (Å²) in [6.07, 6.45) is 0. The van der Waals surface area contributed by atoms with E-state index in [2.05, 4.69) is 16.3 Å². The molecule has 1 atom stereocenters. The van der Waals surface area contributed by atoms with E-state index >= 15 is 0 Å². The third kappa shape index (κ3) is 4.01. The van der Waals surface area contributed by atoms with Crippen LogP contribution < -0.4 is 34.2 Å². The van der Waals surface area contributed by atoms with Gasteiger partial charge in [-0.25, -0.2) is 0 Å². The van der Waals surface area contributed by atoms with Gasteiger partial charge in [-0.1, -0.05) is 0 Å². The van der Waals surface area contributed by atoms with E-state index in [1.807, 2.05) is 25.1 Å². The molecule has 1 aliphatic rings. The minimum Gasteiger partial charge on any atom is -0.493 e. The van der Waals surface area contributed by atoms with Crippen molar-refractivity contribution in [2.24, 2.45) is 5.73 Å². The fraction of sp³-hybridized carbons (Fsp3) is 0.280. The predicted molar refractivity (Wildman–Crippen MR) is 127 cm³/mol. The Morgan fingerprint density at radius 1 is 1.00 bits per heavy atom. The SMILES string of the molecule is CCOc1ccc(-c2[nH]nc3c2[C@@H](c2cc(OC)c(OC)c(OC)c2)C(C#N)=C(N)O3)cc1OC. The fourth-order valence-electron chi connectivity index (χ4n) is 4.16. The van der Waals surface area contributed by atoms with E-state index in [1.165, 1.54) is 21.3 Å². The second kappa shape index (κ2) is 9.77. The smallest absolute Gasteiger partial charge is 0.244 e. The van der Waals surface area contributed by atoms with Gasteiger partial charge >= 0.3 is 0 Å². The summed E-state index contributed by atoms with van der Waals surface area (Å²) in [6.45, 7) is 2.40. The van der Waals surface area contributed by atoms with Crippen LogP contribution in [0.1, 0.15) is 24.0 Å². The van der Waals surface area contributed by atoms with Gasteiger partial charge < -0.3 is 34.2 Å². The van der Waals surface area contributed by atoms with Crippen molar-refractivity contribution in [1.82, 2.24) is 10.2 Å². The van der Waals surface area contributed by atoms with Crippen LogP contribution in [0.2, 0.25) is 0 Å². The molecule has 3 aromatic rings. The Labute approximate surface area is 202 Å². The number of fused-ring (bicyclic) bond motifs is 1. The number of aromatic amines is 1. The molecule has 0 saturated carbocycles. The molecule has 0 saturated heterocycles. The molecule has 35 heavy (non-hydrogen) atoms. The van der Waals surface area contributed by atoms with Crippen molar-refractivity contribution < 1.29 is 28.4 Å². The number of allylic oxidation sites excluding steroid dienone is 1. The first-order valence-electron chi connectivity index (χ1n) is 10.8. The number of hydrogen-bond acceptors (Lipinski definition) is 9. The molecule has 0 unspecified atom stereocenters. The number of rotatable bonds is 8. The topological polar surface area (TPSA) is 134 Å². The summed E-state index contributed by atoms with van der Waals surface area (Å²) in [7, 11) is 6.16. The van der Waals surface area contributed by atoms with Crippen LogP contribution in [0.4, 0.5) is 0 Å². The minimum absolute atomic E-state index is 0.0268. The quantitative estimate of drug-likeness (QED) is 0.497. The maximum Gasteiger partial charge on any atom is 0.244 e. The Morgan fingerprint density at radius 2 is 1.69 bits per heavy atom. The molecular formula is C25H26N4O6. The highest BCUT2D eigenvalue weighted by Crippen LogP contribution is 2.49. The maximum atomic E-state index is 10.0. The number of benzene rings is 2. The third-order valence-electron chi connectivity index (χ3n) is 5.71. The molecule has 10 nitrogen and oxygen atoms in total. The van der Waals surface area contributed by atoms with Gasteiger partial charge in [0.1, 0.15) is 11.6 Å². The van der Waals surface area contributed by atoms with Crippen molar-refractivity contribution >= 4 is 0 Å². The van der Waals surface area contributed by atoms with Crippen molar-refractivity contribution in [1.29, 1.82) is 5.26 Å². The van der Waals surface area contributed by atoms with E-state index in [1.54, 1.807) is 19.2 Å². The van der Waals surface area contributed by atoms with Gasteiger partial charge in [-0.05, 0) is 42.8 Å². The third-order valence-corrected chi connectivity index (χ3v) is 5.71. The second-order valence-electron chi connectivity index (χ2n) is 7.50. The van der Waals surface area contributed by atoms with E-state index in [4.69, 9.17) is 34.2 Å².